The highest BCUT2D eigenvalue weighted by atomic mass is 17.0. The average Bonchev–Trinajstić information content (AvgIpc) is 2.59. The third kappa shape index (κ3) is 6.43. The summed E-state index contributed by atoms with van der Waals surface area (Å²) in [6, 6.07) is 4.89. The Morgan fingerprint density at radius 1 is 1.36 bits per heavy atom. The predicted octanol–water partition coefficient (Wildman–Crippen LogP) is 0.553. The normalized spacial score (nSPS) is 14.6. The van der Waals surface area contributed by atoms with Crippen LogP contribution >= 0.6 is 0 Å². The quantitative estimate of drug-likeness (QED) is 0.388. The van der Waals surface area contributed by atoms with Crippen molar-refractivity contribution in [3.05, 3.63) is 28.3 Å². The summed E-state index contributed by atoms with van der Waals surface area (Å²) in [5, 5.41) is 12.0. The molecule has 0 saturated carbocycles. The Balaban J connectivity index is 1.91. The molecule has 1 aromatic carbocycles. The van der Waals surface area contributed by atoms with Crippen LogP contribution in [0.1, 0.15) is 0 Å². The van der Waals surface area contributed by atoms with Gasteiger partial charge in [0.15, 0.2) is 0 Å². The fourth-order valence-corrected chi connectivity index (χ4v) is 2.30. The summed E-state index contributed by atoms with van der Waals surface area (Å²) in [5.74, 6) is 0.757. The maximum atomic E-state index is 12.2. The van der Waals surface area contributed by atoms with Crippen molar-refractivity contribution in [3.8, 4) is 11.5 Å². The maximum absolute atomic E-state index is 12.2. The van der Waals surface area contributed by atoms with E-state index in [9.17, 15) is 14.9 Å². The third-order valence-corrected chi connectivity index (χ3v) is 3.46. The van der Waals surface area contributed by atoms with Gasteiger partial charge in [0.25, 0.3) is 5.09 Å². The molecule has 25 heavy (non-hydrogen) atoms. The molecule has 1 amide bonds. The van der Waals surface area contributed by atoms with Crippen LogP contribution in [-0.4, -0.2) is 69.1 Å². The summed E-state index contributed by atoms with van der Waals surface area (Å²) in [4.78, 5) is 28.5. The SMILES string of the molecule is COc1ccc(OCCO[N+](=O)[O-])cc1NC(=O)CN1CCOCC1. The summed E-state index contributed by atoms with van der Waals surface area (Å²) in [5.41, 5.74) is 0.466. The Morgan fingerprint density at radius 3 is 2.80 bits per heavy atom. The van der Waals surface area contributed by atoms with Gasteiger partial charge in [0.1, 0.15) is 24.7 Å². The Labute approximate surface area is 144 Å². The molecule has 10 heteroatoms. The topological polar surface area (TPSA) is 112 Å². The van der Waals surface area contributed by atoms with Gasteiger partial charge in [-0.15, -0.1) is 10.1 Å². The largest absolute Gasteiger partial charge is 0.495 e. The fourth-order valence-electron chi connectivity index (χ4n) is 2.30. The molecule has 0 unspecified atom stereocenters. The van der Waals surface area contributed by atoms with E-state index in [0.717, 1.165) is 0 Å². The van der Waals surface area contributed by atoms with Crippen molar-refractivity contribution in [1.29, 1.82) is 0 Å². The third-order valence-electron chi connectivity index (χ3n) is 3.46. The lowest BCUT2D eigenvalue weighted by atomic mass is 10.2. The number of carbonyl (C=O) groups is 1. The Bertz CT molecular complexity index is 590. The smallest absolute Gasteiger partial charge is 0.294 e. The summed E-state index contributed by atoms with van der Waals surface area (Å²) >= 11 is 0. The molecule has 1 saturated heterocycles. The second-order valence-corrected chi connectivity index (χ2v) is 5.20. The van der Waals surface area contributed by atoms with Crippen LogP contribution in [0.5, 0.6) is 11.5 Å². The summed E-state index contributed by atoms with van der Waals surface area (Å²) in [6.45, 7) is 2.74. The molecular formula is C15H21N3O7. The number of carbonyl (C=O) groups excluding carboxylic acids is 1. The van der Waals surface area contributed by atoms with E-state index in [1.165, 1.54) is 7.11 Å². The van der Waals surface area contributed by atoms with Crippen LogP contribution in [0.3, 0.4) is 0 Å². The number of hydrogen-bond acceptors (Lipinski definition) is 8. The lowest BCUT2D eigenvalue weighted by Crippen LogP contribution is -2.41. The number of ether oxygens (including phenoxy) is 3. The molecule has 0 aliphatic carbocycles. The summed E-state index contributed by atoms with van der Waals surface area (Å²) in [6.07, 6.45) is 0. The highest BCUT2D eigenvalue weighted by Crippen LogP contribution is 2.29. The number of morpholine rings is 1. The van der Waals surface area contributed by atoms with E-state index in [4.69, 9.17) is 14.2 Å². The molecule has 1 aromatic rings. The van der Waals surface area contributed by atoms with Gasteiger partial charge in [-0.25, -0.2) is 0 Å². The molecule has 138 valence electrons. The van der Waals surface area contributed by atoms with Crippen LogP contribution in [-0.2, 0) is 14.4 Å². The van der Waals surface area contributed by atoms with Gasteiger partial charge in [0.05, 0.1) is 32.6 Å². The second kappa shape index (κ2) is 9.64. The molecule has 1 heterocycles. The van der Waals surface area contributed by atoms with Crippen LogP contribution in [0.2, 0.25) is 0 Å². The number of amides is 1. The second-order valence-electron chi connectivity index (χ2n) is 5.20. The number of nitrogens with one attached hydrogen (secondary N) is 1. The van der Waals surface area contributed by atoms with E-state index < -0.39 is 5.09 Å². The predicted molar refractivity (Wildman–Crippen MR) is 87.3 cm³/mol. The number of hydrogen-bond donors (Lipinski definition) is 1. The first-order valence-electron chi connectivity index (χ1n) is 7.76. The Kier molecular flexibility index (Phi) is 7.23. The van der Waals surface area contributed by atoms with Crippen molar-refractivity contribution in [2.45, 2.75) is 0 Å². The maximum Gasteiger partial charge on any atom is 0.294 e. The molecule has 1 N–H and O–H groups in total. The molecule has 0 aromatic heterocycles. The van der Waals surface area contributed by atoms with Gasteiger partial charge in [-0.1, -0.05) is 0 Å². The van der Waals surface area contributed by atoms with Crippen molar-refractivity contribution < 1.29 is 28.9 Å². The molecule has 1 aliphatic heterocycles. The van der Waals surface area contributed by atoms with E-state index in [1.54, 1.807) is 18.2 Å². The van der Waals surface area contributed by atoms with Gasteiger partial charge >= 0.3 is 0 Å². The van der Waals surface area contributed by atoms with E-state index in [0.29, 0.717) is 43.5 Å². The van der Waals surface area contributed by atoms with Crippen molar-refractivity contribution in [1.82, 2.24) is 4.90 Å². The summed E-state index contributed by atoms with van der Waals surface area (Å²) < 4.78 is 15.8. The van der Waals surface area contributed by atoms with Gasteiger partial charge in [0.2, 0.25) is 5.91 Å². The highest BCUT2D eigenvalue weighted by Gasteiger charge is 2.16. The number of methoxy groups -OCH3 is 1. The molecule has 0 radical (unpaired) electrons. The van der Waals surface area contributed by atoms with Gasteiger partial charge in [-0.05, 0) is 12.1 Å². The van der Waals surface area contributed by atoms with E-state index in [1.807, 2.05) is 4.90 Å². The van der Waals surface area contributed by atoms with Gasteiger partial charge in [0, 0.05) is 19.2 Å². The Morgan fingerprint density at radius 2 is 2.12 bits per heavy atom. The minimum absolute atomic E-state index is 0.00841. The highest BCUT2D eigenvalue weighted by molar-refractivity contribution is 5.94. The average molecular weight is 355 g/mol. The lowest BCUT2D eigenvalue weighted by molar-refractivity contribution is -0.757. The zero-order valence-electron chi connectivity index (χ0n) is 13.9. The number of anilines is 1. The fraction of sp³-hybridized carbons (Fsp3) is 0.533. The van der Waals surface area contributed by atoms with E-state index in [-0.39, 0.29) is 25.7 Å². The first-order chi connectivity index (χ1) is 12.1. The van der Waals surface area contributed by atoms with Crippen LogP contribution in [0.4, 0.5) is 5.69 Å². The number of nitrogens with zero attached hydrogens (tertiary/aromatic N) is 2. The first kappa shape index (κ1) is 18.7. The van der Waals surface area contributed by atoms with Gasteiger partial charge in [-0.2, -0.15) is 0 Å². The molecule has 1 aliphatic rings. The van der Waals surface area contributed by atoms with E-state index in [2.05, 4.69) is 10.2 Å². The first-order valence-corrected chi connectivity index (χ1v) is 7.76. The number of benzene rings is 1. The van der Waals surface area contributed by atoms with Gasteiger partial charge in [-0.3, -0.25) is 9.69 Å². The standard InChI is InChI=1S/C15H21N3O7/c1-22-14-3-2-12(24-8-9-25-18(20)21)10-13(14)16-15(19)11-17-4-6-23-7-5-17/h2-3,10H,4-9,11H2,1H3,(H,16,19). The lowest BCUT2D eigenvalue weighted by Gasteiger charge is -2.26. The molecule has 0 spiro atoms. The Hall–Kier alpha value is -2.59. The molecular weight excluding hydrogens is 334 g/mol. The number of rotatable bonds is 9. The monoisotopic (exact) mass is 355 g/mol. The van der Waals surface area contributed by atoms with Crippen LogP contribution in [0.15, 0.2) is 18.2 Å². The zero-order valence-corrected chi connectivity index (χ0v) is 13.9. The van der Waals surface area contributed by atoms with Gasteiger partial charge < -0.3 is 24.4 Å². The zero-order chi connectivity index (χ0) is 18.1. The molecule has 2 rings (SSSR count). The minimum atomic E-state index is -0.880. The van der Waals surface area contributed by atoms with Crippen LogP contribution in [0, 0.1) is 10.1 Å². The molecule has 10 nitrogen and oxygen atoms in total. The minimum Gasteiger partial charge on any atom is -0.495 e. The molecule has 0 atom stereocenters. The molecule has 0 bridgehead atoms. The van der Waals surface area contributed by atoms with Crippen molar-refractivity contribution in [2.75, 3.05) is 58.5 Å². The van der Waals surface area contributed by atoms with Crippen molar-refractivity contribution >= 4 is 11.6 Å². The van der Waals surface area contributed by atoms with Crippen molar-refractivity contribution in [3.63, 3.8) is 0 Å². The van der Waals surface area contributed by atoms with Crippen molar-refractivity contribution in [2.24, 2.45) is 0 Å². The summed E-state index contributed by atoms with van der Waals surface area (Å²) in [7, 11) is 1.50. The molecule has 1 fully saturated rings. The van der Waals surface area contributed by atoms with Crippen LogP contribution in [0.25, 0.3) is 0 Å². The van der Waals surface area contributed by atoms with Crippen LogP contribution < -0.4 is 14.8 Å². The van der Waals surface area contributed by atoms with E-state index >= 15 is 0 Å².